The summed E-state index contributed by atoms with van der Waals surface area (Å²) in [5.41, 5.74) is 1.62. The smallest absolute Gasteiger partial charge is 0.256 e. The zero-order valence-electron chi connectivity index (χ0n) is 16.2. The molecule has 1 aliphatic rings. The van der Waals surface area contributed by atoms with Crippen molar-refractivity contribution in [3.63, 3.8) is 0 Å². The van der Waals surface area contributed by atoms with Crippen LogP contribution in [0.3, 0.4) is 0 Å². The maximum absolute atomic E-state index is 12.5. The van der Waals surface area contributed by atoms with Gasteiger partial charge in [-0.15, -0.1) is 24.8 Å². The van der Waals surface area contributed by atoms with Gasteiger partial charge in [-0.25, -0.2) is 0 Å². The molecule has 0 saturated carbocycles. The van der Waals surface area contributed by atoms with Gasteiger partial charge in [0.2, 0.25) is 0 Å². The molecule has 3 aromatic rings. The summed E-state index contributed by atoms with van der Waals surface area (Å²) in [5, 5.41) is 4.90. The second-order valence-electron chi connectivity index (χ2n) is 6.86. The summed E-state index contributed by atoms with van der Waals surface area (Å²) in [5.74, 6) is 0.761. The standard InChI is InChI=1S/C22H25N3O2.2ClH/c26-22-19-10-5-4-9-18(19)21(20(24-22)17-7-2-1-3-8-17)27-16-6-13-25-14-11-23-12-15-25;;/h1-5,7-10,23H,6,11-16H2,(H,24,26);2*1H. The highest BCUT2D eigenvalue weighted by Gasteiger charge is 2.15. The molecule has 7 heteroatoms. The maximum atomic E-state index is 12.5. The number of nitrogens with one attached hydrogen (secondary N) is 2. The minimum atomic E-state index is -0.0855. The number of aromatic amines is 1. The SMILES string of the molecule is Cl.Cl.O=c1[nH]c(-c2ccccc2)c(OCCCN2CCNCC2)c2ccccc12. The number of rotatable bonds is 6. The first-order valence-corrected chi connectivity index (χ1v) is 9.59. The van der Waals surface area contributed by atoms with E-state index in [0.29, 0.717) is 12.0 Å². The van der Waals surface area contributed by atoms with Crippen molar-refractivity contribution in [3.05, 3.63) is 65.0 Å². The van der Waals surface area contributed by atoms with Crippen LogP contribution in [0.15, 0.2) is 59.4 Å². The fourth-order valence-corrected chi connectivity index (χ4v) is 3.61. The van der Waals surface area contributed by atoms with E-state index in [0.717, 1.165) is 61.5 Å². The van der Waals surface area contributed by atoms with Crippen molar-refractivity contribution in [2.45, 2.75) is 6.42 Å². The monoisotopic (exact) mass is 435 g/mol. The van der Waals surface area contributed by atoms with Crippen molar-refractivity contribution in [1.29, 1.82) is 0 Å². The highest BCUT2D eigenvalue weighted by Crippen LogP contribution is 2.33. The van der Waals surface area contributed by atoms with Gasteiger partial charge in [0.25, 0.3) is 5.56 Å². The van der Waals surface area contributed by atoms with Crippen LogP contribution in [-0.2, 0) is 0 Å². The summed E-state index contributed by atoms with van der Waals surface area (Å²) in [6, 6.07) is 17.5. The molecule has 2 N–H and O–H groups in total. The average molecular weight is 436 g/mol. The lowest BCUT2D eigenvalue weighted by Gasteiger charge is -2.27. The van der Waals surface area contributed by atoms with Gasteiger partial charge in [0.05, 0.1) is 17.7 Å². The van der Waals surface area contributed by atoms with Crippen LogP contribution in [0.4, 0.5) is 0 Å². The zero-order chi connectivity index (χ0) is 18.5. The number of ether oxygens (including phenoxy) is 1. The first kappa shape index (κ1) is 23.2. The predicted molar refractivity (Wildman–Crippen MR) is 124 cm³/mol. The third-order valence-electron chi connectivity index (χ3n) is 5.02. The Kier molecular flexibility index (Phi) is 8.99. The van der Waals surface area contributed by atoms with Gasteiger partial charge >= 0.3 is 0 Å². The van der Waals surface area contributed by atoms with Gasteiger partial charge in [-0.05, 0) is 12.5 Å². The van der Waals surface area contributed by atoms with Crippen LogP contribution in [0.5, 0.6) is 5.75 Å². The molecule has 0 spiro atoms. The number of fused-ring (bicyclic) bond motifs is 1. The number of benzene rings is 2. The molecule has 0 radical (unpaired) electrons. The summed E-state index contributed by atoms with van der Waals surface area (Å²) in [4.78, 5) is 18.0. The Balaban J connectivity index is 0.00000150. The highest BCUT2D eigenvalue weighted by molar-refractivity contribution is 5.92. The Hall–Kier alpha value is -2.05. The van der Waals surface area contributed by atoms with Gasteiger partial charge in [0.1, 0.15) is 0 Å². The summed E-state index contributed by atoms with van der Waals surface area (Å²) in [6.07, 6.45) is 0.960. The molecule has 2 heterocycles. The van der Waals surface area contributed by atoms with E-state index in [1.165, 1.54) is 0 Å². The summed E-state index contributed by atoms with van der Waals surface area (Å²) in [6.45, 7) is 5.96. The minimum Gasteiger partial charge on any atom is -0.491 e. The van der Waals surface area contributed by atoms with E-state index in [9.17, 15) is 4.79 Å². The molecule has 0 amide bonds. The van der Waals surface area contributed by atoms with Gasteiger partial charge in [0, 0.05) is 43.7 Å². The lowest BCUT2D eigenvalue weighted by atomic mass is 10.1. The second kappa shape index (κ2) is 11.2. The second-order valence-corrected chi connectivity index (χ2v) is 6.86. The van der Waals surface area contributed by atoms with Crippen molar-refractivity contribution in [1.82, 2.24) is 15.2 Å². The number of aromatic nitrogens is 1. The van der Waals surface area contributed by atoms with Crippen LogP contribution in [0.25, 0.3) is 22.0 Å². The number of piperazine rings is 1. The number of nitrogens with zero attached hydrogens (tertiary/aromatic N) is 1. The highest BCUT2D eigenvalue weighted by atomic mass is 35.5. The van der Waals surface area contributed by atoms with E-state index in [4.69, 9.17) is 4.74 Å². The first-order chi connectivity index (χ1) is 13.3. The molecular formula is C22H27Cl2N3O2. The van der Waals surface area contributed by atoms with E-state index in [-0.39, 0.29) is 30.4 Å². The molecule has 1 fully saturated rings. The topological polar surface area (TPSA) is 57.4 Å². The summed E-state index contributed by atoms with van der Waals surface area (Å²) < 4.78 is 6.24. The molecular weight excluding hydrogens is 409 g/mol. The third kappa shape index (κ3) is 5.52. The fraction of sp³-hybridized carbons (Fsp3) is 0.318. The molecule has 1 aromatic heterocycles. The largest absolute Gasteiger partial charge is 0.491 e. The summed E-state index contributed by atoms with van der Waals surface area (Å²) in [7, 11) is 0. The maximum Gasteiger partial charge on any atom is 0.256 e. The van der Waals surface area contributed by atoms with E-state index < -0.39 is 0 Å². The minimum absolute atomic E-state index is 0. The van der Waals surface area contributed by atoms with Crippen molar-refractivity contribution in [2.24, 2.45) is 0 Å². The number of hydrogen-bond donors (Lipinski definition) is 2. The lowest BCUT2D eigenvalue weighted by Crippen LogP contribution is -2.43. The van der Waals surface area contributed by atoms with E-state index >= 15 is 0 Å². The fourth-order valence-electron chi connectivity index (χ4n) is 3.61. The number of H-pyrrole nitrogens is 1. The van der Waals surface area contributed by atoms with Crippen molar-refractivity contribution >= 4 is 35.6 Å². The predicted octanol–water partition coefficient (Wildman–Crippen LogP) is 3.71. The Labute approximate surface area is 183 Å². The van der Waals surface area contributed by atoms with Gasteiger partial charge in [0.15, 0.2) is 5.75 Å². The van der Waals surface area contributed by atoms with Gasteiger partial charge in [-0.3, -0.25) is 4.79 Å². The molecule has 1 saturated heterocycles. The molecule has 4 rings (SSSR count). The van der Waals surface area contributed by atoms with E-state index in [1.54, 1.807) is 0 Å². The van der Waals surface area contributed by atoms with Gasteiger partial charge in [-0.1, -0.05) is 48.5 Å². The molecule has 0 bridgehead atoms. The van der Waals surface area contributed by atoms with Gasteiger partial charge in [-0.2, -0.15) is 0 Å². The van der Waals surface area contributed by atoms with Gasteiger partial charge < -0.3 is 19.9 Å². The number of pyridine rings is 1. The Bertz CT molecular complexity index is 957. The molecule has 0 aliphatic carbocycles. The molecule has 1 aliphatic heterocycles. The lowest BCUT2D eigenvalue weighted by molar-refractivity contribution is 0.214. The molecule has 5 nitrogen and oxygen atoms in total. The van der Waals surface area contributed by atoms with E-state index in [2.05, 4.69) is 15.2 Å². The van der Waals surface area contributed by atoms with Crippen LogP contribution >= 0.6 is 24.8 Å². The summed E-state index contributed by atoms with van der Waals surface area (Å²) >= 11 is 0. The quantitative estimate of drug-likeness (QED) is 0.579. The Morgan fingerprint density at radius 3 is 2.28 bits per heavy atom. The average Bonchev–Trinajstić information content (AvgIpc) is 2.74. The molecule has 2 aromatic carbocycles. The van der Waals surface area contributed by atoms with Crippen LogP contribution in [-0.4, -0.2) is 49.2 Å². The Morgan fingerprint density at radius 2 is 1.55 bits per heavy atom. The van der Waals surface area contributed by atoms with Crippen LogP contribution in [0, 0.1) is 0 Å². The van der Waals surface area contributed by atoms with Crippen LogP contribution in [0.1, 0.15) is 6.42 Å². The van der Waals surface area contributed by atoms with Crippen molar-refractivity contribution in [2.75, 3.05) is 39.3 Å². The molecule has 156 valence electrons. The van der Waals surface area contributed by atoms with Crippen molar-refractivity contribution in [3.8, 4) is 17.0 Å². The van der Waals surface area contributed by atoms with Crippen LogP contribution < -0.4 is 15.6 Å². The van der Waals surface area contributed by atoms with Crippen LogP contribution in [0.2, 0.25) is 0 Å². The number of hydrogen-bond acceptors (Lipinski definition) is 4. The molecule has 0 unspecified atom stereocenters. The van der Waals surface area contributed by atoms with Crippen molar-refractivity contribution < 1.29 is 4.74 Å². The molecule has 0 atom stereocenters. The van der Waals surface area contributed by atoms with E-state index in [1.807, 2.05) is 54.6 Å². The number of halogens is 2. The third-order valence-corrected chi connectivity index (χ3v) is 5.02. The zero-order valence-corrected chi connectivity index (χ0v) is 17.9. The normalized spacial score (nSPS) is 14.1. The Morgan fingerprint density at radius 1 is 0.897 bits per heavy atom. The molecule has 29 heavy (non-hydrogen) atoms. The first-order valence-electron chi connectivity index (χ1n) is 9.59.